The third-order valence-electron chi connectivity index (χ3n) is 1.40. The lowest BCUT2D eigenvalue weighted by Crippen LogP contribution is -2.45. The van der Waals surface area contributed by atoms with E-state index in [-0.39, 0.29) is 12.4 Å². The van der Waals surface area contributed by atoms with Crippen molar-refractivity contribution in [3.8, 4) is 0 Å². The molecule has 1 N–H and O–H groups in total. The first-order valence-electron chi connectivity index (χ1n) is 2.62. The van der Waals surface area contributed by atoms with Gasteiger partial charge in [0.15, 0.2) is 0 Å². The lowest BCUT2D eigenvalue weighted by Gasteiger charge is -2.34. The minimum Gasteiger partial charge on any atom is -0.396 e. The first-order chi connectivity index (χ1) is 3.33. The molecule has 0 atom stereocenters. The van der Waals surface area contributed by atoms with Gasteiger partial charge in [0.1, 0.15) is 0 Å². The molecule has 50 valence electrons. The van der Waals surface area contributed by atoms with Gasteiger partial charge in [-0.05, 0) is 7.05 Å². The Morgan fingerprint density at radius 3 is 2.25 bits per heavy atom. The number of likely N-dealkylation sites (tertiary alicyclic amines) is 1. The van der Waals surface area contributed by atoms with E-state index in [0.29, 0.717) is 12.5 Å². The van der Waals surface area contributed by atoms with Crippen LogP contribution in [0, 0.1) is 5.92 Å². The number of aliphatic hydroxyl groups excluding tert-OH is 1. The van der Waals surface area contributed by atoms with E-state index in [9.17, 15) is 0 Å². The summed E-state index contributed by atoms with van der Waals surface area (Å²) in [7, 11) is 2.06. The summed E-state index contributed by atoms with van der Waals surface area (Å²) in [5, 5.41) is 8.48. The van der Waals surface area contributed by atoms with Crippen molar-refractivity contribution in [1.29, 1.82) is 0 Å². The Morgan fingerprint density at radius 2 is 2.12 bits per heavy atom. The molecule has 0 aliphatic carbocycles. The van der Waals surface area contributed by atoms with Crippen molar-refractivity contribution in [3.63, 3.8) is 0 Å². The molecule has 0 bridgehead atoms. The fraction of sp³-hybridized carbons (Fsp3) is 1.00. The SMILES string of the molecule is CN1CC(CO)C1.Cl. The second-order valence-corrected chi connectivity index (χ2v) is 2.27. The minimum atomic E-state index is 0. The van der Waals surface area contributed by atoms with Crippen LogP contribution in [0.4, 0.5) is 0 Å². The van der Waals surface area contributed by atoms with Crippen LogP contribution >= 0.6 is 12.4 Å². The Labute approximate surface area is 55.9 Å². The summed E-state index contributed by atoms with van der Waals surface area (Å²) in [5.41, 5.74) is 0. The van der Waals surface area contributed by atoms with Gasteiger partial charge in [-0.25, -0.2) is 0 Å². The maximum atomic E-state index is 8.48. The molecule has 0 unspecified atom stereocenters. The zero-order chi connectivity index (χ0) is 5.28. The van der Waals surface area contributed by atoms with Gasteiger partial charge >= 0.3 is 0 Å². The molecule has 0 aromatic heterocycles. The third kappa shape index (κ3) is 1.62. The predicted molar refractivity (Wildman–Crippen MR) is 35.3 cm³/mol. The van der Waals surface area contributed by atoms with Gasteiger partial charge in [0.05, 0.1) is 0 Å². The largest absolute Gasteiger partial charge is 0.396 e. The number of aliphatic hydroxyl groups is 1. The average Bonchev–Trinajstić information content (AvgIpc) is 1.58. The molecule has 0 spiro atoms. The maximum Gasteiger partial charge on any atom is 0.0483 e. The van der Waals surface area contributed by atoms with Crippen molar-refractivity contribution in [3.05, 3.63) is 0 Å². The standard InChI is InChI=1S/C5H11NO.ClH/c1-6-2-5(3-6)4-7;/h5,7H,2-4H2,1H3;1H. The highest BCUT2D eigenvalue weighted by Crippen LogP contribution is 2.09. The fourth-order valence-electron chi connectivity index (χ4n) is 0.944. The number of hydrogen-bond acceptors (Lipinski definition) is 2. The Kier molecular flexibility index (Phi) is 3.36. The van der Waals surface area contributed by atoms with E-state index in [2.05, 4.69) is 11.9 Å². The van der Waals surface area contributed by atoms with Gasteiger partial charge in [-0.2, -0.15) is 0 Å². The van der Waals surface area contributed by atoms with Gasteiger partial charge in [0.25, 0.3) is 0 Å². The molecule has 1 aliphatic heterocycles. The lowest BCUT2D eigenvalue weighted by atomic mass is 10.0. The molecule has 1 saturated heterocycles. The van der Waals surface area contributed by atoms with Crippen molar-refractivity contribution in [2.24, 2.45) is 5.92 Å². The first kappa shape index (κ1) is 8.21. The Bertz CT molecular complexity index is 63.4. The molecular weight excluding hydrogens is 126 g/mol. The summed E-state index contributed by atoms with van der Waals surface area (Å²) in [4.78, 5) is 2.20. The third-order valence-corrected chi connectivity index (χ3v) is 1.40. The van der Waals surface area contributed by atoms with E-state index < -0.39 is 0 Å². The Morgan fingerprint density at radius 1 is 1.62 bits per heavy atom. The summed E-state index contributed by atoms with van der Waals surface area (Å²) in [6.07, 6.45) is 0. The maximum absolute atomic E-state index is 8.48. The molecule has 2 nitrogen and oxygen atoms in total. The zero-order valence-corrected chi connectivity index (χ0v) is 5.82. The van der Waals surface area contributed by atoms with Crippen molar-refractivity contribution in [2.45, 2.75) is 0 Å². The molecule has 0 radical (unpaired) electrons. The Hall–Kier alpha value is 0.210. The average molecular weight is 138 g/mol. The molecule has 0 amide bonds. The molecule has 8 heavy (non-hydrogen) atoms. The monoisotopic (exact) mass is 137 g/mol. The van der Waals surface area contributed by atoms with E-state index in [1.807, 2.05) is 0 Å². The van der Waals surface area contributed by atoms with E-state index in [1.54, 1.807) is 0 Å². The molecule has 0 saturated carbocycles. The van der Waals surface area contributed by atoms with Gasteiger partial charge in [-0.15, -0.1) is 12.4 Å². The van der Waals surface area contributed by atoms with Crippen LogP contribution in [0.3, 0.4) is 0 Å². The van der Waals surface area contributed by atoms with Crippen molar-refractivity contribution >= 4 is 12.4 Å². The number of hydrogen-bond donors (Lipinski definition) is 1. The van der Waals surface area contributed by atoms with Crippen molar-refractivity contribution in [2.75, 3.05) is 26.7 Å². The summed E-state index contributed by atoms with van der Waals surface area (Å²) < 4.78 is 0. The quantitative estimate of drug-likeness (QED) is 0.549. The highest BCUT2D eigenvalue weighted by atomic mass is 35.5. The van der Waals surface area contributed by atoms with Crippen LogP contribution in [0.2, 0.25) is 0 Å². The Balaban J connectivity index is 0.000000490. The van der Waals surface area contributed by atoms with E-state index >= 15 is 0 Å². The molecule has 1 fully saturated rings. The van der Waals surface area contributed by atoms with Crippen molar-refractivity contribution in [1.82, 2.24) is 4.90 Å². The van der Waals surface area contributed by atoms with Crippen LogP contribution in [0.25, 0.3) is 0 Å². The second-order valence-electron chi connectivity index (χ2n) is 2.27. The van der Waals surface area contributed by atoms with E-state index in [4.69, 9.17) is 5.11 Å². The van der Waals surface area contributed by atoms with E-state index in [0.717, 1.165) is 13.1 Å². The normalized spacial score (nSPS) is 21.8. The number of nitrogens with zero attached hydrogens (tertiary/aromatic N) is 1. The summed E-state index contributed by atoms with van der Waals surface area (Å²) >= 11 is 0. The number of rotatable bonds is 1. The fourth-order valence-corrected chi connectivity index (χ4v) is 0.944. The molecule has 1 rings (SSSR count). The summed E-state index contributed by atoms with van der Waals surface area (Å²) in [5.74, 6) is 0.574. The molecule has 0 aromatic rings. The van der Waals surface area contributed by atoms with Crippen LogP contribution in [0.15, 0.2) is 0 Å². The smallest absolute Gasteiger partial charge is 0.0483 e. The van der Waals surface area contributed by atoms with Crippen molar-refractivity contribution < 1.29 is 5.11 Å². The van der Waals surface area contributed by atoms with Crippen LogP contribution in [0.5, 0.6) is 0 Å². The van der Waals surface area contributed by atoms with Gasteiger partial charge < -0.3 is 10.0 Å². The minimum absolute atomic E-state index is 0. The first-order valence-corrected chi connectivity index (χ1v) is 2.62. The van der Waals surface area contributed by atoms with Gasteiger partial charge in [-0.1, -0.05) is 0 Å². The molecule has 1 aliphatic rings. The highest BCUT2D eigenvalue weighted by molar-refractivity contribution is 5.85. The molecular formula is C5H12ClNO. The highest BCUT2D eigenvalue weighted by Gasteiger charge is 2.21. The van der Waals surface area contributed by atoms with Crippen LogP contribution in [0.1, 0.15) is 0 Å². The van der Waals surface area contributed by atoms with Crippen LogP contribution in [-0.2, 0) is 0 Å². The molecule has 1 heterocycles. The summed E-state index contributed by atoms with van der Waals surface area (Å²) in [6.45, 7) is 2.53. The topological polar surface area (TPSA) is 23.5 Å². The van der Waals surface area contributed by atoms with Gasteiger partial charge in [0, 0.05) is 25.6 Å². The zero-order valence-electron chi connectivity index (χ0n) is 5.00. The molecule has 0 aromatic carbocycles. The molecule has 3 heteroatoms. The predicted octanol–water partition coefficient (Wildman–Crippen LogP) is -0.0379. The summed E-state index contributed by atoms with van der Waals surface area (Å²) in [6, 6.07) is 0. The van der Waals surface area contributed by atoms with Gasteiger partial charge in [0.2, 0.25) is 0 Å². The van der Waals surface area contributed by atoms with E-state index in [1.165, 1.54) is 0 Å². The second kappa shape index (κ2) is 3.28. The van der Waals surface area contributed by atoms with Crippen LogP contribution in [-0.4, -0.2) is 36.8 Å². The van der Waals surface area contributed by atoms with Gasteiger partial charge in [-0.3, -0.25) is 0 Å². The lowest BCUT2D eigenvalue weighted by molar-refractivity contribution is 0.0760. The number of halogens is 1. The van der Waals surface area contributed by atoms with Crippen LogP contribution < -0.4 is 0 Å².